The molecule has 1 atom stereocenters. The lowest BCUT2D eigenvalue weighted by Gasteiger charge is -2.17. The normalized spacial score (nSPS) is 17.4. The van der Waals surface area contributed by atoms with Crippen LogP contribution in [0.25, 0.3) is 0 Å². The standard InChI is InChI=1S/C16H21N3O3/c1-4-14(20)18-13-7-8-19(10-13)16(21)12-5-6-15(17-9-12)22-11(2)3/h4-6,9,11,13H,1,7-8,10H2,2-3H3,(H,18,20)/t13-/m0/s1. The van der Waals surface area contributed by atoms with Gasteiger partial charge in [-0.05, 0) is 32.4 Å². The Kier molecular flexibility index (Phi) is 5.14. The maximum atomic E-state index is 12.4. The molecule has 1 N–H and O–H groups in total. The lowest BCUT2D eigenvalue weighted by Crippen LogP contribution is -2.37. The third-order valence-corrected chi connectivity index (χ3v) is 3.35. The number of carbonyl (C=O) groups is 2. The maximum absolute atomic E-state index is 12.4. The van der Waals surface area contributed by atoms with Crippen molar-refractivity contribution < 1.29 is 14.3 Å². The second kappa shape index (κ2) is 7.06. The van der Waals surface area contributed by atoms with E-state index in [1.807, 2.05) is 13.8 Å². The molecule has 6 heteroatoms. The first kappa shape index (κ1) is 16.0. The predicted molar refractivity (Wildman–Crippen MR) is 82.6 cm³/mol. The van der Waals surface area contributed by atoms with Gasteiger partial charge in [0.1, 0.15) is 0 Å². The summed E-state index contributed by atoms with van der Waals surface area (Å²) in [7, 11) is 0. The Morgan fingerprint density at radius 1 is 1.50 bits per heavy atom. The first-order valence-electron chi connectivity index (χ1n) is 7.34. The van der Waals surface area contributed by atoms with Crippen LogP contribution in [0.3, 0.4) is 0 Å². The van der Waals surface area contributed by atoms with Crippen molar-refractivity contribution in [1.29, 1.82) is 0 Å². The van der Waals surface area contributed by atoms with E-state index in [0.717, 1.165) is 6.42 Å². The maximum Gasteiger partial charge on any atom is 0.255 e. The molecule has 1 aliphatic rings. The van der Waals surface area contributed by atoms with Crippen molar-refractivity contribution in [3.05, 3.63) is 36.5 Å². The van der Waals surface area contributed by atoms with Crippen LogP contribution in [-0.4, -0.2) is 46.9 Å². The van der Waals surface area contributed by atoms with Crippen LogP contribution in [0.1, 0.15) is 30.6 Å². The number of rotatable bonds is 5. The Labute approximate surface area is 130 Å². The lowest BCUT2D eigenvalue weighted by atomic mass is 10.2. The second-order valence-electron chi connectivity index (χ2n) is 5.50. The predicted octanol–water partition coefficient (Wildman–Crippen LogP) is 1.39. The van der Waals surface area contributed by atoms with E-state index in [4.69, 9.17) is 4.74 Å². The highest BCUT2D eigenvalue weighted by Gasteiger charge is 2.27. The molecule has 6 nitrogen and oxygen atoms in total. The molecule has 1 aliphatic heterocycles. The first-order chi connectivity index (χ1) is 10.5. The fourth-order valence-corrected chi connectivity index (χ4v) is 2.32. The molecule has 0 bridgehead atoms. The summed E-state index contributed by atoms with van der Waals surface area (Å²) in [4.78, 5) is 29.5. The average Bonchev–Trinajstić information content (AvgIpc) is 2.95. The lowest BCUT2D eigenvalue weighted by molar-refractivity contribution is -0.117. The monoisotopic (exact) mass is 303 g/mol. The largest absolute Gasteiger partial charge is 0.475 e. The Balaban J connectivity index is 1.94. The van der Waals surface area contributed by atoms with Crippen molar-refractivity contribution in [2.24, 2.45) is 0 Å². The zero-order chi connectivity index (χ0) is 16.1. The SMILES string of the molecule is C=CC(=O)N[C@H]1CCN(C(=O)c2ccc(OC(C)C)nc2)C1. The van der Waals surface area contributed by atoms with E-state index < -0.39 is 0 Å². The highest BCUT2D eigenvalue weighted by atomic mass is 16.5. The van der Waals surface area contributed by atoms with Gasteiger partial charge in [0.15, 0.2) is 0 Å². The summed E-state index contributed by atoms with van der Waals surface area (Å²) in [5.74, 6) is 0.208. The summed E-state index contributed by atoms with van der Waals surface area (Å²) in [5.41, 5.74) is 0.520. The smallest absolute Gasteiger partial charge is 0.255 e. The molecule has 2 heterocycles. The van der Waals surface area contributed by atoms with E-state index >= 15 is 0 Å². The quantitative estimate of drug-likeness (QED) is 0.834. The van der Waals surface area contributed by atoms with Crippen molar-refractivity contribution in [3.8, 4) is 5.88 Å². The zero-order valence-electron chi connectivity index (χ0n) is 12.9. The number of ether oxygens (including phenoxy) is 1. The van der Waals surface area contributed by atoms with Crippen molar-refractivity contribution in [1.82, 2.24) is 15.2 Å². The topological polar surface area (TPSA) is 71.5 Å². The second-order valence-corrected chi connectivity index (χ2v) is 5.50. The molecule has 1 aromatic rings. The van der Waals surface area contributed by atoms with E-state index in [9.17, 15) is 9.59 Å². The Morgan fingerprint density at radius 2 is 2.27 bits per heavy atom. The Morgan fingerprint density at radius 3 is 2.86 bits per heavy atom. The van der Waals surface area contributed by atoms with Gasteiger partial charge in [-0.3, -0.25) is 9.59 Å². The molecule has 0 radical (unpaired) electrons. The van der Waals surface area contributed by atoms with Crippen LogP contribution in [-0.2, 0) is 4.79 Å². The minimum Gasteiger partial charge on any atom is -0.475 e. The van der Waals surface area contributed by atoms with E-state index in [-0.39, 0.29) is 24.0 Å². The molecule has 1 saturated heterocycles. The Bertz CT molecular complexity index is 554. The van der Waals surface area contributed by atoms with E-state index in [0.29, 0.717) is 24.5 Å². The molecule has 0 unspecified atom stereocenters. The minimum absolute atomic E-state index is 0.0223. The molecule has 0 spiro atoms. The van der Waals surface area contributed by atoms with Crippen LogP contribution in [0, 0.1) is 0 Å². The number of amides is 2. The van der Waals surface area contributed by atoms with Gasteiger partial charge in [-0.25, -0.2) is 4.98 Å². The summed E-state index contributed by atoms with van der Waals surface area (Å²) < 4.78 is 5.45. The van der Waals surface area contributed by atoms with Crippen molar-refractivity contribution in [3.63, 3.8) is 0 Å². The highest BCUT2D eigenvalue weighted by molar-refractivity contribution is 5.94. The molecule has 1 fully saturated rings. The molecule has 22 heavy (non-hydrogen) atoms. The number of aromatic nitrogens is 1. The van der Waals surface area contributed by atoms with Crippen LogP contribution >= 0.6 is 0 Å². The number of likely N-dealkylation sites (tertiary alicyclic amines) is 1. The van der Waals surface area contributed by atoms with Gasteiger partial charge >= 0.3 is 0 Å². The van der Waals surface area contributed by atoms with Gasteiger partial charge in [0.05, 0.1) is 11.7 Å². The molecule has 0 saturated carbocycles. The van der Waals surface area contributed by atoms with Gasteiger partial charge in [-0.15, -0.1) is 0 Å². The van der Waals surface area contributed by atoms with Crippen LogP contribution in [0.2, 0.25) is 0 Å². The van der Waals surface area contributed by atoms with Gasteiger partial charge in [0.2, 0.25) is 11.8 Å². The number of hydrogen-bond donors (Lipinski definition) is 1. The van der Waals surface area contributed by atoms with Crippen molar-refractivity contribution in [2.75, 3.05) is 13.1 Å². The number of hydrogen-bond acceptors (Lipinski definition) is 4. The van der Waals surface area contributed by atoms with Crippen molar-refractivity contribution in [2.45, 2.75) is 32.4 Å². The fraction of sp³-hybridized carbons (Fsp3) is 0.438. The van der Waals surface area contributed by atoms with Gasteiger partial charge in [0.25, 0.3) is 5.91 Å². The van der Waals surface area contributed by atoms with E-state index in [1.165, 1.54) is 12.3 Å². The molecule has 2 amide bonds. The number of nitrogens with one attached hydrogen (secondary N) is 1. The highest BCUT2D eigenvalue weighted by Crippen LogP contribution is 2.15. The van der Waals surface area contributed by atoms with Gasteiger partial charge < -0.3 is 15.0 Å². The van der Waals surface area contributed by atoms with Gasteiger partial charge in [0, 0.05) is 31.4 Å². The number of carbonyl (C=O) groups excluding carboxylic acids is 2. The van der Waals surface area contributed by atoms with E-state index in [2.05, 4.69) is 16.9 Å². The minimum atomic E-state index is -0.212. The summed E-state index contributed by atoms with van der Waals surface area (Å²) in [6.45, 7) is 8.38. The summed E-state index contributed by atoms with van der Waals surface area (Å²) in [6.07, 6.45) is 3.55. The fourth-order valence-electron chi connectivity index (χ4n) is 2.32. The third kappa shape index (κ3) is 4.07. The molecule has 0 aliphatic carbocycles. The van der Waals surface area contributed by atoms with Crippen LogP contribution in [0.15, 0.2) is 31.0 Å². The average molecular weight is 303 g/mol. The zero-order valence-corrected chi connectivity index (χ0v) is 12.9. The molecule has 2 rings (SSSR count). The van der Waals surface area contributed by atoms with Crippen LogP contribution < -0.4 is 10.1 Å². The van der Waals surface area contributed by atoms with Crippen LogP contribution in [0.4, 0.5) is 0 Å². The molecule has 0 aromatic carbocycles. The van der Waals surface area contributed by atoms with Crippen molar-refractivity contribution >= 4 is 11.8 Å². The Hall–Kier alpha value is -2.37. The van der Waals surface area contributed by atoms with Gasteiger partial charge in [-0.2, -0.15) is 0 Å². The van der Waals surface area contributed by atoms with Gasteiger partial charge in [-0.1, -0.05) is 6.58 Å². The molecule has 118 valence electrons. The molecule has 1 aromatic heterocycles. The summed E-state index contributed by atoms with van der Waals surface area (Å²) in [5, 5.41) is 2.81. The molecular weight excluding hydrogens is 282 g/mol. The molecular formula is C16H21N3O3. The third-order valence-electron chi connectivity index (χ3n) is 3.35. The summed E-state index contributed by atoms with van der Waals surface area (Å²) in [6, 6.07) is 3.38. The van der Waals surface area contributed by atoms with Crippen LogP contribution in [0.5, 0.6) is 5.88 Å². The number of nitrogens with zero attached hydrogens (tertiary/aromatic N) is 2. The number of pyridine rings is 1. The van der Waals surface area contributed by atoms with E-state index in [1.54, 1.807) is 17.0 Å². The first-order valence-corrected chi connectivity index (χ1v) is 7.34. The summed E-state index contributed by atoms with van der Waals surface area (Å²) >= 11 is 0.